The molecular formula is C12H22N2O4S2. The molecule has 6 nitrogen and oxygen atoms in total. The van der Waals surface area contributed by atoms with Crippen LogP contribution in [0.15, 0.2) is 0 Å². The zero-order valence-corrected chi connectivity index (χ0v) is 13.2. The summed E-state index contributed by atoms with van der Waals surface area (Å²) in [7, 11) is 1.57. The van der Waals surface area contributed by atoms with Crippen molar-refractivity contribution in [2.75, 3.05) is 37.5 Å². The number of hydrogen-bond donors (Lipinski definition) is 3. The van der Waals surface area contributed by atoms with Crippen molar-refractivity contribution < 1.29 is 19.4 Å². The Bertz CT molecular complexity index is 312. The summed E-state index contributed by atoms with van der Waals surface area (Å²) in [5.74, 6) is 2.28. The fourth-order valence-electron chi connectivity index (χ4n) is 1.76. The van der Waals surface area contributed by atoms with E-state index in [0.29, 0.717) is 31.2 Å². The Morgan fingerprint density at radius 3 is 2.85 bits per heavy atom. The highest BCUT2D eigenvalue weighted by molar-refractivity contribution is 8.06. The Balaban J connectivity index is 2.24. The molecule has 1 heterocycles. The van der Waals surface area contributed by atoms with E-state index in [1.165, 1.54) is 0 Å². The van der Waals surface area contributed by atoms with Gasteiger partial charge in [0.05, 0.1) is 0 Å². The molecule has 0 aromatic heterocycles. The number of carbonyl (C=O) groups is 2. The van der Waals surface area contributed by atoms with Gasteiger partial charge in [-0.25, -0.2) is 9.59 Å². The van der Waals surface area contributed by atoms with E-state index in [-0.39, 0.29) is 0 Å². The number of carboxylic acids is 1. The van der Waals surface area contributed by atoms with Crippen LogP contribution in [0.4, 0.5) is 4.79 Å². The number of carbonyl (C=O) groups excluding carboxylic acids is 1. The van der Waals surface area contributed by atoms with E-state index < -0.39 is 18.0 Å². The van der Waals surface area contributed by atoms with Crippen molar-refractivity contribution in [3.63, 3.8) is 0 Å². The summed E-state index contributed by atoms with van der Waals surface area (Å²) in [4.78, 5) is 22.7. The SMILES string of the molecule is COCCCC(NC(=O)NCC1CSCCS1)C(=O)O. The predicted molar refractivity (Wildman–Crippen MR) is 82.6 cm³/mol. The fraction of sp³-hybridized carbons (Fsp3) is 0.833. The van der Waals surface area contributed by atoms with Crippen molar-refractivity contribution in [1.29, 1.82) is 0 Å². The van der Waals surface area contributed by atoms with Gasteiger partial charge in [0, 0.05) is 42.8 Å². The van der Waals surface area contributed by atoms with Gasteiger partial charge >= 0.3 is 12.0 Å². The van der Waals surface area contributed by atoms with Crippen LogP contribution in [0.1, 0.15) is 12.8 Å². The van der Waals surface area contributed by atoms with Gasteiger partial charge in [-0.3, -0.25) is 0 Å². The molecule has 0 saturated carbocycles. The third-order valence-corrected chi connectivity index (χ3v) is 5.66. The molecule has 116 valence electrons. The Morgan fingerprint density at radius 1 is 1.45 bits per heavy atom. The van der Waals surface area contributed by atoms with E-state index in [9.17, 15) is 9.59 Å². The number of nitrogens with one attached hydrogen (secondary N) is 2. The topological polar surface area (TPSA) is 87.7 Å². The number of aliphatic carboxylic acids is 1. The van der Waals surface area contributed by atoms with Gasteiger partial charge in [-0.2, -0.15) is 23.5 Å². The minimum atomic E-state index is -1.01. The van der Waals surface area contributed by atoms with Crippen LogP contribution in [0.3, 0.4) is 0 Å². The zero-order valence-electron chi connectivity index (χ0n) is 11.6. The molecule has 0 aromatic rings. The molecule has 2 atom stereocenters. The smallest absolute Gasteiger partial charge is 0.326 e. The lowest BCUT2D eigenvalue weighted by atomic mass is 10.1. The maximum absolute atomic E-state index is 11.7. The number of amides is 2. The Labute approximate surface area is 127 Å². The first kappa shape index (κ1) is 17.5. The normalized spacial score (nSPS) is 20.1. The Morgan fingerprint density at radius 2 is 2.25 bits per heavy atom. The zero-order chi connectivity index (χ0) is 14.8. The molecule has 1 saturated heterocycles. The van der Waals surface area contributed by atoms with Crippen LogP contribution in [0.25, 0.3) is 0 Å². The lowest BCUT2D eigenvalue weighted by Gasteiger charge is -2.22. The summed E-state index contributed by atoms with van der Waals surface area (Å²) in [6.45, 7) is 1.07. The Hall–Kier alpha value is -0.600. The van der Waals surface area contributed by atoms with Crippen molar-refractivity contribution in [2.24, 2.45) is 0 Å². The molecule has 1 rings (SSSR count). The average molecular weight is 322 g/mol. The number of methoxy groups -OCH3 is 1. The van der Waals surface area contributed by atoms with Gasteiger partial charge in [0.15, 0.2) is 0 Å². The number of rotatable bonds is 8. The van der Waals surface area contributed by atoms with Crippen molar-refractivity contribution in [2.45, 2.75) is 24.1 Å². The van der Waals surface area contributed by atoms with Crippen LogP contribution < -0.4 is 10.6 Å². The molecule has 0 aliphatic carbocycles. The van der Waals surface area contributed by atoms with Crippen LogP contribution in [0.2, 0.25) is 0 Å². The van der Waals surface area contributed by atoms with Crippen LogP contribution in [-0.2, 0) is 9.53 Å². The second kappa shape index (κ2) is 10.2. The van der Waals surface area contributed by atoms with E-state index in [4.69, 9.17) is 9.84 Å². The lowest BCUT2D eigenvalue weighted by molar-refractivity contribution is -0.139. The summed E-state index contributed by atoms with van der Waals surface area (Å²) in [6, 6.07) is -1.27. The highest BCUT2D eigenvalue weighted by atomic mass is 32.2. The first-order valence-corrected chi connectivity index (χ1v) is 8.79. The largest absolute Gasteiger partial charge is 0.480 e. The van der Waals surface area contributed by atoms with E-state index in [0.717, 1.165) is 17.3 Å². The number of thioether (sulfide) groups is 2. The van der Waals surface area contributed by atoms with Crippen LogP contribution in [0.5, 0.6) is 0 Å². The standard InChI is InChI=1S/C12H22N2O4S2/c1-18-4-2-3-10(11(15)16)14-12(17)13-7-9-8-19-5-6-20-9/h9-10H,2-8H2,1H3,(H,15,16)(H2,13,14,17). The van der Waals surface area contributed by atoms with Gasteiger partial charge in [0.2, 0.25) is 0 Å². The molecule has 20 heavy (non-hydrogen) atoms. The Kier molecular flexibility index (Phi) is 8.88. The molecule has 2 amide bonds. The molecule has 1 fully saturated rings. The van der Waals surface area contributed by atoms with E-state index in [2.05, 4.69) is 10.6 Å². The summed E-state index contributed by atoms with van der Waals surface area (Å²) in [6.07, 6.45) is 0.966. The maximum atomic E-state index is 11.7. The number of carboxylic acid groups (broad SMARTS) is 1. The minimum absolute atomic E-state index is 0.366. The van der Waals surface area contributed by atoms with Crippen LogP contribution >= 0.6 is 23.5 Å². The third kappa shape index (κ3) is 7.25. The average Bonchev–Trinajstić information content (AvgIpc) is 2.45. The lowest BCUT2D eigenvalue weighted by Crippen LogP contribution is -2.47. The summed E-state index contributed by atoms with van der Waals surface area (Å²) in [5, 5.41) is 14.7. The molecule has 1 aliphatic heterocycles. The van der Waals surface area contributed by atoms with E-state index >= 15 is 0 Å². The van der Waals surface area contributed by atoms with Gasteiger partial charge in [-0.15, -0.1) is 0 Å². The van der Waals surface area contributed by atoms with Gasteiger partial charge < -0.3 is 20.5 Å². The monoisotopic (exact) mass is 322 g/mol. The van der Waals surface area contributed by atoms with Gasteiger partial charge in [0.1, 0.15) is 6.04 Å². The first-order valence-electron chi connectivity index (χ1n) is 6.59. The van der Waals surface area contributed by atoms with Crippen molar-refractivity contribution in [3.05, 3.63) is 0 Å². The second-order valence-corrected chi connectivity index (χ2v) is 7.01. The molecule has 3 N–H and O–H groups in total. The quantitative estimate of drug-likeness (QED) is 0.578. The number of urea groups is 1. The van der Waals surface area contributed by atoms with Gasteiger partial charge in [-0.05, 0) is 12.8 Å². The van der Waals surface area contributed by atoms with Gasteiger partial charge in [-0.1, -0.05) is 0 Å². The third-order valence-electron chi connectivity index (χ3n) is 2.82. The molecule has 0 aromatic carbocycles. The molecule has 2 unspecified atom stereocenters. The van der Waals surface area contributed by atoms with Crippen molar-refractivity contribution in [1.82, 2.24) is 10.6 Å². The molecule has 0 spiro atoms. The fourth-order valence-corrected chi connectivity index (χ4v) is 4.37. The summed E-state index contributed by atoms with van der Waals surface area (Å²) in [5.41, 5.74) is 0. The second-order valence-electron chi connectivity index (χ2n) is 4.45. The molecular weight excluding hydrogens is 300 g/mol. The minimum Gasteiger partial charge on any atom is -0.480 e. The van der Waals surface area contributed by atoms with Crippen molar-refractivity contribution >= 4 is 35.5 Å². The molecule has 1 aliphatic rings. The molecule has 0 radical (unpaired) electrons. The summed E-state index contributed by atoms with van der Waals surface area (Å²) < 4.78 is 4.88. The first-order chi connectivity index (χ1) is 9.63. The van der Waals surface area contributed by atoms with Crippen LogP contribution in [0, 0.1) is 0 Å². The van der Waals surface area contributed by atoms with Crippen molar-refractivity contribution in [3.8, 4) is 0 Å². The van der Waals surface area contributed by atoms with Gasteiger partial charge in [0.25, 0.3) is 0 Å². The molecule has 8 heteroatoms. The maximum Gasteiger partial charge on any atom is 0.326 e. The van der Waals surface area contributed by atoms with E-state index in [1.807, 2.05) is 23.5 Å². The number of ether oxygens (including phenoxy) is 1. The highest BCUT2D eigenvalue weighted by Gasteiger charge is 2.20. The predicted octanol–water partition coefficient (Wildman–Crippen LogP) is 1.01. The van der Waals surface area contributed by atoms with Crippen LogP contribution in [-0.4, -0.2) is 65.9 Å². The van der Waals surface area contributed by atoms with E-state index in [1.54, 1.807) is 7.11 Å². The molecule has 0 bridgehead atoms. The summed E-state index contributed by atoms with van der Waals surface area (Å²) >= 11 is 3.74. The number of hydrogen-bond acceptors (Lipinski definition) is 5. The highest BCUT2D eigenvalue weighted by Crippen LogP contribution is 2.23.